The molecule has 0 unspecified atom stereocenters. The van der Waals surface area contributed by atoms with Crippen LogP contribution in [-0.2, 0) is 22.6 Å². The molecule has 1 atom stereocenters. The van der Waals surface area contributed by atoms with Crippen molar-refractivity contribution in [1.82, 2.24) is 10.2 Å². The van der Waals surface area contributed by atoms with E-state index in [9.17, 15) is 9.59 Å². The molecule has 4 nitrogen and oxygen atoms in total. The van der Waals surface area contributed by atoms with Crippen molar-refractivity contribution >= 4 is 23.4 Å². The van der Waals surface area contributed by atoms with Gasteiger partial charge in [-0.3, -0.25) is 9.59 Å². The van der Waals surface area contributed by atoms with Gasteiger partial charge in [-0.15, -0.1) is 0 Å². The molecular formula is C26H33ClN2O2. The van der Waals surface area contributed by atoms with Gasteiger partial charge in [-0.2, -0.15) is 0 Å². The first-order valence-electron chi connectivity index (χ1n) is 11.4. The van der Waals surface area contributed by atoms with Gasteiger partial charge in [0.2, 0.25) is 11.8 Å². The maximum atomic E-state index is 13.5. The molecule has 166 valence electrons. The van der Waals surface area contributed by atoms with Crippen LogP contribution >= 0.6 is 11.6 Å². The first kappa shape index (κ1) is 23.3. The van der Waals surface area contributed by atoms with Crippen molar-refractivity contribution in [3.05, 3.63) is 70.2 Å². The van der Waals surface area contributed by atoms with E-state index >= 15 is 0 Å². The van der Waals surface area contributed by atoms with Crippen LogP contribution in [0.1, 0.15) is 62.1 Å². The van der Waals surface area contributed by atoms with Crippen LogP contribution in [-0.4, -0.2) is 28.8 Å². The normalized spacial score (nSPS) is 15.3. The Bertz CT molecular complexity index is 892. The number of amides is 2. The standard InChI is InChI=1S/C26H33ClN2O2/c1-3-24(26(31)28-22-14-5-4-6-15-22)29(18-21-13-9-10-16-23(21)27)25(30)17-20-12-8-7-11-19(20)2/h7-13,16,22,24H,3-6,14-15,17-18H2,1-2H3,(H,28,31)/t24-/m0/s1. The van der Waals surface area contributed by atoms with E-state index in [2.05, 4.69) is 5.32 Å². The van der Waals surface area contributed by atoms with Crippen molar-refractivity contribution in [3.8, 4) is 0 Å². The number of benzene rings is 2. The summed E-state index contributed by atoms with van der Waals surface area (Å²) in [7, 11) is 0. The van der Waals surface area contributed by atoms with E-state index < -0.39 is 6.04 Å². The minimum Gasteiger partial charge on any atom is -0.352 e. The molecule has 0 bridgehead atoms. The summed E-state index contributed by atoms with van der Waals surface area (Å²) in [6.07, 6.45) is 6.40. The molecule has 2 aromatic carbocycles. The molecule has 0 aliphatic heterocycles. The third-order valence-corrected chi connectivity index (χ3v) is 6.61. The van der Waals surface area contributed by atoms with E-state index in [-0.39, 0.29) is 24.3 Å². The molecule has 1 fully saturated rings. The molecule has 0 heterocycles. The summed E-state index contributed by atoms with van der Waals surface area (Å²) in [5, 5.41) is 3.82. The Hall–Kier alpha value is -2.33. The summed E-state index contributed by atoms with van der Waals surface area (Å²) in [4.78, 5) is 28.4. The van der Waals surface area contributed by atoms with Gasteiger partial charge in [-0.05, 0) is 48.9 Å². The number of aryl methyl sites for hydroxylation is 1. The highest BCUT2D eigenvalue weighted by Crippen LogP contribution is 2.22. The van der Waals surface area contributed by atoms with E-state index in [1.54, 1.807) is 4.90 Å². The van der Waals surface area contributed by atoms with Gasteiger partial charge in [-0.1, -0.05) is 80.3 Å². The predicted octanol–water partition coefficient (Wildman–Crippen LogP) is 5.45. The molecule has 1 aliphatic rings. The molecule has 0 aromatic heterocycles. The Kier molecular flexibility index (Phi) is 8.53. The summed E-state index contributed by atoms with van der Waals surface area (Å²) in [5.41, 5.74) is 2.92. The Morgan fingerprint density at radius 3 is 2.32 bits per heavy atom. The maximum Gasteiger partial charge on any atom is 0.243 e. The maximum absolute atomic E-state index is 13.5. The van der Waals surface area contributed by atoms with Crippen LogP contribution in [0.3, 0.4) is 0 Å². The average molecular weight is 441 g/mol. The molecule has 0 spiro atoms. The van der Waals surface area contributed by atoms with E-state index in [1.165, 1.54) is 6.42 Å². The van der Waals surface area contributed by atoms with Crippen molar-refractivity contribution in [3.63, 3.8) is 0 Å². The SMILES string of the molecule is CC[C@@H](C(=O)NC1CCCCC1)N(Cc1ccccc1Cl)C(=O)Cc1ccccc1C. The second kappa shape index (κ2) is 11.3. The molecule has 3 rings (SSSR count). The summed E-state index contributed by atoms with van der Waals surface area (Å²) in [5.74, 6) is -0.112. The minimum atomic E-state index is -0.519. The largest absolute Gasteiger partial charge is 0.352 e. The lowest BCUT2D eigenvalue weighted by molar-refractivity contribution is -0.141. The first-order valence-corrected chi connectivity index (χ1v) is 11.7. The molecule has 1 aliphatic carbocycles. The lowest BCUT2D eigenvalue weighted by Crippen LogP contribution is -2.52. The molecule has 2 aromatic rings. The fourth-order valence-electron chi connectivity index (χ4n) is 4.35. The van der Waals surface area contributed by atoms with Crippen molar-refractivity contribution < 1.29 is 9.59 Å². The molecule has 0 radical (unpaired) electrons. The topological polar surface area (TPSA) is 49.4 Å². The zero-order valence-corrected chi connectivity index (χ0v) is 19.3. The summed E-state index contributed by atoms with van der Waals surface area (Å²) >= 11 is 6.40. The Labute approximate surface area is 191 Å². The van der Waals surface area contributed by atoms with Crippen molar-refractivity contribution in [1.29, 1.82) is 0 Å². The lowest BCUT2D eigenvalue weighted by Gasteiger charge is -2.33. The lowest BCUT2D eigenvalue weighted by atomic mass is 9.95. The number of halogens is 1. The molecule has 31 heavy (non-hydrogen) atoms. The van der Waals surface area contributed by atoms with Gasteiger partial charge in [0.15, 0.2) is 0 Å². The van der Waals surface area contributed by atoms with Gasteiger partial charge in [0.25, 0.3) is 0 Å². The quantitative estimate of drug-likeness (QED) is 0.593. The van der Waals surface area contributed by atoms with E-state index in [4.69, 9.17) is 11.6 Å². The molecule has 0 saturated heterocycles. The number of carbonyl (C=O) groups excluding carboxylic acids is 2. The third-order valence-electron chi connectivity index (χ3n) is 6.24. The summed E-state index contributed by atoms with van der Waals surface area (Å²) in [6, 6.07) is 15.1. The van der Waals surface area contributed by atoms with Crippen LogP contribution in [0.4, 0.5) is 0 Å². The summed E-state index contributed by atoms with van der Waals surface area (Å²) < 4.78 is 0. The molecule has 5 heteroatoms. The number of nitrogens with one attached hydrogen (secondary N) is 1. The number of hydrogen-bond acceptors (Lipinski definition) is 2. The van der Waals surface area contributed by atoms with Gasteiger partial charge in [0, 0.05) is 17.6 Å². The highest BCUT2D eigenvalue weighted by atomic mass is 35.5. The second-order valence-electron chi connectivity index (χ2n) is 8.48. The van der Waals surface area contributed by atoms with Gasteiger partial charge in [0.05, 0.1) is 6.42 Å². The smallest absolute Gasteiger partial charge is 0.243 e. The minimum absolute atomic E-state index is 0.0557. The third kappa shape index (κ3) is 6.33. The van der Waals surface area contributed by atoms with Crippen LogP contribution in [0.2, 0.25) is 5.02 Å². The number of nitrogens with zero attached hydrogens (tertiary/aromatic N) is 1. The average Bonchev–Trinajstić information content (AvgIpc) is 2.77. The van der Waals surface area contributed by atoms with E-state index in [0.29, 0.717) is 18.0 Å². The van der Waals surface area contributed by atoms with Crippen molar-refractivity contribution in [2.24, 2.45) is 0 Å². The van der Waals surface area contributed by atoms with Gasteiger partial charge >= 0.3 is 0 Å². The van der Waals surface area contributed by atoms with Crippen molar-refractivity contribution in [2.45, 2.75) is 77.4 Å². The number of carbonyl (C=O) groups is 2. The Balaban J connectivity index is 1.83. The molecule has 2 amide bonds. The number of rotatable bonds is 8. The Morgan fingerprint density at radius 2 is 1.68 bits per heavy atom. The number of hydrogen-bond donors (Lipinski definition) is 1. The van der Waals surface area contributed by atoms with Gasteiger partial charge in [0.1, 0.15) is 6.04 Å². The van der Waals surface area contributed by atoms with E-state index in [1.807, 2.05) is 62.4 Å². The molecule has 1 N–H and O–H groups in total. The van der Waals surface area contributed by atoms with Gasteiger partial charge < -0.3 is 10.2 Å². The summed E-state index contributed by atoms with van der Waals surface area (Å²) in [6.45, 7) is 4.29. The highest BCUT2D eigenvalue weighted by Gasteiger charge is 2.30. The van der Waals surface area contributed by atoms with Gasteiger partial charge in [-0.25, -0.2) is 0 Å². The monoisotopic (exact) mass is 440 g/mol. The zero-order chi connectivity index (χ0) is 22.2. The highest BCUT2D eigenvalue weighted by molar-refractivity contribution is 6.31. The van der Waals surface area contributed by atoms with Crippen LogP contribution in [0.25, 0.3) is 0 Å². The Morgan fingerprint density at radius 1 is 1.03 bits per heavy atom. The van der Waals surface area contributed by atoms with Crippen LogP contribution in [0.5, 0.6) is 0 Å². The fraction of sp³-hybridized carbons (Fsp3) is 0.462. The first-order chi connectivity index (χ1) is 15.0. The van der Waals surface area contributed by atoms with Crippen LogP contribution in [0.15, 0.2) is 48.5 Å². The zero-order valence-electron chi connectivity index (χ0n) is 18.6. The van der Waals surface area contributed by atoms with Crippen LogP contribution < -0.4 is 5.32 Å². The van der Waals surface area contributed by atoms with Crippen LogP contribution in [0, 0.1) is 6.92 Å². The fourth-order valence-corrected chi connectivity index (χ4v) is 4.54. The van der Waals surface area contributed by atoms with Crippen molar-refractivity contribution in [2.75, 3.05) is 0 Å². The molecular weight excluding hydrogens is 408 g/mol. The second-order valence-corrected chi connectivity index (χ2v) is 8.89. The predicted molar refractivity (Wildman–Crippen MR) is 126 cm³/mol. The molecule has 1 saturated carbocycles. The van der Waals surface area contributed by atoms with E-state index in [0.717, 1.165) is 42.4 Å².